The SMILES string of the molecule is CC(C)(C)OC(=O)N[C@@H](CN)C(=O)O.Cl. The third kappa shape index (κ3) is 8.02. The van der Waals surface area contributed by atoms with Gasteiger partial charge in [-0.05, 0) is 20.8 Å². The normalized spacial score (nSPS) is 12.3. The Morgan fingerprint density at radius 1 is 1.47 bits per heavy atom. The molecule has 0 aliphatic heterocycles. The first-order chi connectivity index (χ1) is 6.26. The van der Waals surface area contributed by atoms with Gasteiger partial charge in [-0.1, -0.05) is 0 Å². The van der Waals surface area contributed by atoms with Crippen LogP contribution >= 0.6 is 12.4 Å². The highest BCUT2D eigenvalue weighted by Crippen LogP contribution is 2.06. The predicted octanol–water partition coefficient (Wildman–Crippen LogP) is 0.345. The number of halogens is 1. The summed E-state index contributed by atoms with van der Waals surface area (Å²) in [6, 6.07) is -1.11. The lowest BCUT2D eigenvalue weighted by Crippen LogP contribution is -2.47. The van der Waals surface area contributed by atoms with Crippen LogP contribution in [0.15, 0.2) is 0 Å². The number of hydrogen-bond donors (Lipinski definition) is 3. The summed E-state index contributed by atoms with van der Waals surface area (Å²) in [7, 11) is 0. The highest BCUT2D eigenvalue weighted by atomic mass is 35.5. The number of ether oxygens (including phenoxy) is 1. The summed E-state index contributed by atoms with van der Waals surface area (Å²) in [5.41, 5.74) is 4.48. The fourth-order valence-electron chi connectivity index (χ4n) is 0.671. The van der Waals surface area contributed by atoms with Crippen molar-refractivity contribution >= 4 is 24.5 Å². The van der Waals surface area contributed by atoms with Gasteiger partial charge in [-0.15, -0.1) is 12.4 Å². The van der Waals surface area contributed by atoms with Crippen LogP contribution in [0.25, 0.3) is 0 Å². The Bertz CT molecular complexity index is 227. The Kier molecular flexibility index (Phi) is 7.08. The number of aliphatic carboxylic acids is 1. The van der Waals surface area contributed by atoms with Crippen molar-refractivity contribution in [2.75, 3.05) is 6.54 Å². The van der Waals surface area contributed by atoms with Crippen molar-refractivity contribution in [1.29, 1.82) is 0 Å². The lowest BCUT2D eigenvalue weighted by Gasteiger charge is -2.21. The molecule has 6 nitrogen and oxygen atoms in total. The van der Waals surface area contributed by atoms with Crippen LogP contribution in [0.5, 0.6) is 0 Å². The molecule has 15 heavy (non-hydrogen) atoms. The van der Waals surface area contributed by atoms with Gasteiger partial charge in [0, 0.05) is 6.54 Å². The maximum atomic E-state index is 11.1. The quantitative estimate of drug-likeness (QED) is 0.661. The highest BCUT2D eigenvalue weighted by Gasteiger charge is 2.22. The molecule has 0 saturated heterocycles. The van der Waals surface area contributed by atoms with Gasteiger partial charge in [0.1, 0.15) is 11.6 Å². The molecule has 90 valence electrons. The maximum absolute atomic E-state index is 11.1. The van der Waals surface area contributed by atoms with Crippen LogP contribution in [0.4, 0.5) is 4.79 Å². The molecule has 0 unspecified atom stereocenters. The third-order valence-corrected chi connectivity index (χ3v) is 1.22. The first-order valence-electron chi connectivity index (χ1n) is 4.18. The molecule has 4 N–H and O–H groups in total. The summed E-state index contributed by atoms with van der Waals surface area (Å²) in [5.74, 6) is -1.18. The Hall–Kier alpha value is -1.01. The first-order valence-corrected chi connectivity index (χ1v) is 4.18. The second-order valence-electron chi connectivity index (χ2n) is 3.77. The number of carboxylic acids is 1. The van der Waals surface area contributed by atoms with Crippen LogP contribution in [-0.2, 0) is 9.53 Å². The van der Waals surface area contributed by atoms with Gasteiger partial charge in [-0.3, -0.25) is 0 Å². The first kappa shape index (κ1) is 16.4. The Labute approximate surface area is 94.6 Å². The fourth-order valence-corrected chi connectivity index (χ4v) is 0.671. The van der Waals surface area contributed by atoms with Crippen molar-refractivity contribution < 1.29 is 19.4 Å². The van der Waals surface area contributed by atoms with Gasteiger partial charge in [0.05, 0.1) is 0 Å². The number of alkyl carbamates (subject to hydrolysis) is 1. The number of hydrogen-bond acceptors (Lipinski definition) is 4. The molecule has 0 aromatic rings. The molecule has 0 aliphatic rings. The number of nitrogens with two attached hydrogens (primary N) is 1. The van der Waals surface area contributed by atoms with E-state index in [1.165, 1.54) is 0 Å². The standard InChI is InChI=1S/C8H16N2O4.ClH/c1-8(2,3)14-7(13)10-5(4-9)6(11)12;/h5H,4,9H2,1-3H3,(H,10,13)(H,11,12);1H/t5-;/m0./s1. The average Bonchev–Trinajstić information content (AvgIpc) is 1.96. The summed E-state index contributed by atoms with van der Waals surface area (Å²) in [6.45, 7) is 4.88. The minimum absolute atomic E-state index is 0. The molecule has 0 rings (SSSR count). The number of rotatable bonds is 3. The van der Waals surface area contributed by atoms with Crippen molar-refractivity contribution in [3.63, 3.8) is 0 Å². The fraction of sp³-hybridized carbons (Fsp3) is 0.750. The molecule has 0 fully saturated rings. The molecular formula is C8H17ClN2O4. The predicted molar refractivity (Wildman–Crippen MR) is 57.1 cm³/mol. The summed E-state index contributed by atoms with van der Waals surface area (Å²) in [6.07, 6.45) is -0.782. The number of nitrogens with one attached hydrogen (secondary N) is 1. The summed E-state index contributed by atoms with van der Waals surface area (Å²) in [5, 5.41) is 10.7. The molecule has 0 radical (unpaired) electrons. The van der Waals surface area contributed by atoms with Crippen molar-refractivity contribution in [1.82, 2.24) is 5.32 Å². The van der Waals surface area contributed by atoms with Crippen molar-refractivity contribution in [2.24, 2.45) is 5.73 Å². The van der Waals surface area contributed by atoms with Crippen molar-refractivity contribution in [3.8, 4) is 0 Å². The van der Waals surface area contributed by atoms with E-state index in [0.717, 1.165) is 0 Å². The van der Waals surface area contributed by atoms with Crippen LogP contribution in [0, 0.1) is 0 Å². The van der Waals surface area contributed by atoms with E-state index in [-0.39, 0.29) is 19.0 Å². The number of carbonyl (C=O) groups is 2. The summed E-state index contributed by atoms with van der Waals surface area (Å²) < 4.78 is 4.85. The van der Waals surface area contributed by atoms with Crippen LogP contribution < -0.4 is 11.1 Å². The van der Waals surface area contributed by atoms with E-state index in [1.54, 1.807) is 20.8 Å². The average molecular weight is 241 g/mol. The van der Waals surface area contributed by atoms with Crippen LogP contribution in [-0.4, -0.2) is 35.4 Å². The van der Waals surface area contributed by atoms with Crippen LogP contribution in [0.1, 0.15) is 20.8 Å². The minimum atomic E-state index is -1.18. The van der Waals surface area contributed by atoms with E-state index in [9.17, 15) is 9.59 Å². The molecule has 0 saturated carbocycles. The minimum Gasteiger partial charge on any atom is -0.480 e. The molecule has 0 heterocycles. The zero-order chi connectivity index (χ0) is 11.4. The van der Waals surface area contributed by atoms with E-state index < -0.39 is 23.7 Å². The van der Waals surface area contributed by atoms with Crippen LogP contribution in [0.2, 0.25) is 0 Å². The Morgan fingerprint density at radius 3 is 2.20 bits per heavy atom. The molecule has 0 aromatic carbocycles. The monoisotopic (exact) mass is 240 g/mol. The van der Waals surface area contributed by atoms with Crippen LogP contribution in [0.3, 0.4) is 0 Å². The van der Waals surface area contributed by atoms with E-state index in [0.29, 0.717) is 0 Å². The maximum Gasteiger partial charge on any atom is 0.408 e. The van der Waals surface area contributed by atoms with E-state index in [2.05, 4.69) is 5.32 Å². The van der Waals surface area contributed by atoms with E-state index in [4.69, 9.17) is 15.6 Å². The number of amides is 1. The summed E-state index contributed by atoms with van der Waals surface area (Å²) >= 11 is 0. The van der Waals surface area contributed by atoms with Gasteiger partial charge in [-0.25, -0.2) is 9.59 Å². The van der Waals surface area contributed by atoms with Gasteiger partial charge in [0.25, 0.3) is 0 Å². The lowest BCUT2D eigenvalue weighted by atomic mass is 10.2. The van der Waals surface area contributed by atoms with Gasteiger partial charge in [0.15, 0.2) is 0 Å². The van der Waals surface area contributed by atoms with Gasteiger partial charge in [-0.2, -0.15) is 0 Å². The molecular weight excluding hydrogens is 224 g/mol. The largest absolute Gasteiger partial charge is 0.480 e. The molecule has 0 aliphatic carbocycles. The molecule has 7 heteroatoms. The zero-order valence-electron chi connectivity index (χ0n) is 8.94. The van der Waals surface area contributed by atoms with Crippen molar-refractivity contribution in [3.05, 3.63) is 0 Å². The smallest absolute Gasteiger partial charge is 0.408 e. The van der Waals surface area contributed by atoms with E-state index >= 15 is 0 Å². The molecule has 1 amide bonds. The third-order valence-electron chi connectivity index (χ3n) is 1.22. The highest BCUT2D eigenvalue weighted by molar-refractivity contribution is 5.85. The molecule has 0 bridgehead atoms. The lowest BCUT2D eigenvalue weighted by molar-refractivity contribution is -0.139. The Morgan fingerprint density at radius 2 is 1.93 bits per heavy atom. The summed E-state index contributed by atoms with van der Waals surface area (Å²) in [4.78, 5) is 21.6. The zero-order valence-corrected chi connectivity index (χ0v) is 9.76. The van der Waals surface area contributed by atoms with Crippen molar-refractivity contribution in [2.45, 2.75) is 32.4 Å². The Balaban J connectivity index is 0. The van der Waals surface area contributed by atoms with E-state index in [1.807, 2.05) is 0 Å². The van der Waals surface area contributed by atoms with Gasteiger partial charge in [0.2, 0.25) is 0 Å². The molecule has 0 spiro atoms. The van der Waals surface area contributed by atoms with Gasteiger partial charge < -0.3 is 20.9 Å². The van der Waals surface area contributed by atoms with Gasteiger partial charge >= 0.3 is 12.1 Å². The second-order valence-corrected chi connectivity index (χ2v) is 3.77. The molecule has 0 aromatic heterocycles. The number of carboxylic acid groups (broad SMARTS) is 1. The second kappa shape index (κ2) is 6.47. The molecule has 1 atom stereocenters. The number of carbonyl (C=O) groups excluding carboxylic acids is 1. The topological polar surface area (TPSA) is 102 Å².